The normalized spacial score (nSPS) is 10.5. The van der Waals surface area contributed by atoms with E-state index in [0.717, 1.165) is 60.9 Å². The van der Waals surface area contributed by atoms with Crippen molar-refractivity contribution in [2.45, 2.75) is 7.43 Å². The summed E-state index contributed by atoms with van der Waals surface area (Å²) in [6.45, 7) is 3.61. The average molecular weight is 347 g/mol. The largest absolute Gasteiger partial charge is 0.396 e. The Morgan fingerprint density at radius 3 is 1.15 bits per heavy atom. The van der Waals surface area contributed by atoms with Gasteiger partial charge in [0.15, 0.2) is 0 Å². The van der Waals surface area contributed by atoms with E-state index in [9.17, 15) is 0 Å². The molecule has 0 rings (SSSR count). The standard InChI is InChI=1S/C12H26O4S3.CH4/c13-1-7-17-9-3-15-5-11-19-12-6-16-4-10-18-8-2-14;/h13-14H,1-12H2;1H4. The Bertz CT molecular complexity index is 149. The molecule has 0 aliphatic heterocycles. The Hall–Kier alpha value is 0.890. The summed E-state index contributed by atoms with van der Waals surface area (Å²) >= 11 is 5.28. The Morgan fingerprint density at radius 2 is 0.850 bits per heavy atom. The summed E-state index contributed by atoms with van der Waals surface area (Å²) in [5.74, 6) is 5.53. The molecule has 0 aliphatic rings. The second-order valence-corrected chi connectivity index (χ2v) is 7.18. The summed E-state index contributed by atoms with van der Waals surface area (Å²) in [6, 6.07) is 0. The van der Waals surface area contributed by atoms with Crippen LogP contribution in [0.2, 0.25) is 0 Å². The number of thioether (sulfide) groups is 3. The second kappa shape index (κ2) is 22.2. The van der Waals surface area contributed by atoms with E-state index in [4.69, 9.17) is 19.7 Å². The summed E-state index contributed by atoms with van der Waals surface area (Å²) in [5, 5.41) is 17.2. The van der Waals surface area contributed by atoms with Crippen molar-refractivity contribution < 1.29 is 19.7 Å². The first kappa shape index (κ1) is 23.2. The summed E-state index contributed by atoms with van der Waals surface area (Å²) in [6.07, 6.45) is 0. The van der Waals surface area contributed by atoms with Crippen molar-refractivity contribution in [2.75, 3.05) is 74.2 Å². The summed E-state index contributed by atoms with van der Waals surface area (Å²) in [5.41, 5.74) is 0. The molecule has 7 heteroatoms. The van der Waals surface area contributed by atoms with E-state index in [2.05, 4.69) is 0 Å². The summed E-state index contributed by atoms with van der Waals surface area (Å²) in [4.78, 5) is 0. The molecule has 0 bridgehead atoms. The fraction of sp³-hybridized carbons (Fsp3) is 1.00. The molecule has 0 heterocycles. The highest BCUT2D eigenvalue weighted by molar-refractivity contribution is 7.99. The molecule has 0 spiro atoms. The second-order valence-electron chi connectivity index (χ2n) is 3.51. The lowest BCUT2D eigenvalue weighted by Crippen LogP contribution is -2.05. The zero-order valence-electron chi connectivity index (χ0n) is 11.4. The van der Waals surface area contributed by atoms with Crippen LogP contribution in [0.5, 0.6) is 0 Å². The van der Waals surface area contributed by atoms with E-state index < -0.39 is 0 Å². The van der Waals surface area contributed by atoms with Crippen LogP contribution in [0.1, 0.15) is 7.43 Å². The quantitative estimate of drug-likeness (QED) is 0.414. The fourth-order valence-electron chi connectivity index (χ4n) is 1.11. The number of hydrogen-bond donors (Lipinski definition) is 2. The first-order valence-electron chi connectivity index (χ1n) is 6.52. The van der Waals surface area contributed by atoms with Gasteiger partial charge in [-0.25, -0.2) is 0 Å². The number of hydrogen-bond acceptors (Lipinski definition) is 7. The molecule has 0 saturated carbocycles. The van der Waals surface area contributed by atoms with Gasteiger partial charge in [-0.05, 0) is 0 Å². The van der Waals surface area contributed by atoms with Crippen LogP contribution in [0.25, 0.3) is 0 Å². The Kier molecular flexibility index (Phi) is 25.7. The molecule has 124 valence electrons. The third kappa shape index (κ3) is 21.2. The van der Waals surface area contributed by atoms with E-state index in [1.807, 2.05) is 11.8 Å². The van der Waals surface area contributed by atoms with Crippen LogP contribution in [-0.4, -0.2) is 84.4 Å². The average Bonchev–Trinajstić information content (AvgIpc) is 2.43. The number of aliphatic hydroxyl groups is 2. The Balaban J connectivity index is 0. The molecular weight excluding hydrogens is 316 g/mol. The molecule has 0 saturated heterocycles. The first-order chi connectivity index (χ1) is 9.41. The minimum Gasteiger partial charge on any atom is -0.396 e. The monoisotopic (exact) mass is 346 g/mol. The smallest absolute Gasteiger partial charge is 0.0557 e. The lowest BCUT2D eigenvalue weighted by Gasteiger charge is -2.05. The van der Waals surface area contributed by atoms with Crippen molar-refractivity contribution in [2.24, 2.45) is 0 Å². The predicted molar refractivity (Wildman–Crippen MR) is 94.5 cm³/mol. The van der Waals surface area contributed by atoms with Crippen molar-refractivity contribution in [3.8, 4) is 0 Å². The SMILES string of the molecule is C.OCCSCCOCCSCCOCCSCCO. The van der Waals surface area contributed by atoms with Crippen molar-refractivity contribution in [3.05, 3.63) is 0 Å². The zero-order chi connectivity index (χ0) is 14.0. The zero-order valence-corrected chi connectivity index (χ0v) is 13.9. The van der Waals surface area contributed by atoms with Gasteiger partial charge in [-0.1, -0.05) is 7.43 Å². The van der Waals surface area contributed by atoms with E-state index in [1.165, 1.54) is 0 Å². The van der Waals surface area contributed by atoms with Gasteiger partial charge in [0.25, 0.3) is 0 Å². The Morgan fingerprint density at radius 1 is 0.550 bits per heavy atom. The van der Waals surface area contributed by atoms with Crippen LogP contribution in [-0.2, 0) is 9.47 Å². The van der Waals surface area contributed by atoms with Crippen LogP contribution in [0.3, 0.4) is 0 Å². The highest BCUT2D eigenvalue weighted by Crippen LogP contribution is 2.02. The van der Waals surface area contributed by atoms with Gasteiger partial charge in [0.1, 0.15) is 0 Å². The highest BCUT2D eigenvalue weighted by atomic mass is 32.2. The van der Waals surface area contributed by atoms with Crippen molar-refractivity contribution >= 4 is 35.3 Å². The third-order valence-electron chi connectivity index (χ3n) is 1.96. The molecule has 0 aromatic carbocycles. The molecule has 0 fully saturated rings. The van der Waals surface area contributed by atoms with Gasteiger partial charge in [-0.2, -0.15) is 35.3 Å². The highest BCUT2D eigenvalue weighted by Gasteiger charge is 1.93. The molecule has 0 atom stereocenters. The molecule has 4 nitrogen and oxygen atoms in total. The van der Waals surface area contributed by atoms with Gasteiger partial charge in [0.05, 0.1) is 39.6 Å². The summed E-state index contributed by atoms with van der Waals surface area (Å²) in [7, 11) is 0. The number of aliphatic hydroxyl groups excluding tert-OH is 2. The van der Waals surface area contributed by atoms with Crippen molar-refractivity contribution in [1.82, 2.24) is 0 Å². The van der Waals surface area contributed by atoms with Gasteiger partial charge >= 0.3 is 0 Å². The molecule has 2 N–H and O–H groups in total. The maximum atomic E-state index is 8.58. The van der Waals surface area contributed by atoms with Crippen LogP contribution in [0, 0.1) is 0 Å². The minimum absolute atomic E-state index is 0. The molecule has 20 heavy (non-hydrogen) atoms. The van der Waals surface area contributed by atoms with E-state index in [1.54, 1.807) is 23.5 Å². The molecule has 0 aliphatic carbocycles. The van der Waals surface area contributed by atoms with Gasteiger partial charge < -0.3 is 19.7 Å². The fourth-order valence-corrected chi connectivity index (χ4v) is 2.92. The van der Waals surface area contributed by atoms with Crippen molar-refractivity contribution in [1.29, 1.82) is 0 Å². The van der Waals surface area contributed by atoms with Crippen LogP contribution < -0.4 is 0 Å². The molecule has 0 aromatic heterocycles. The Labute approximate surface area is 136 Å². The predicted octanol–water partition coefficient (Wildman–Crippen LogP) is 1.84. The van der Waals surface area contributed by atoms with Gasteiger partial charge in [-0.3, -0.25) is 0 Å². The van der Waals surface area contributed by atoms with Crippen LogP contribution in [0.15, 0.2) is 0 Å². The van der Waals surface area contributed by atoms with E-state index in [0.29, 0.717) is 0 Å². The van der Waals surface area contributed by atoms with E-state index in [-0.39, 0.29) is 20.6 Å². The number of rotatable bonds is 16. The van der Waals surface area contributed by atoms with Crippen molar-refractivity contribution in [3.63, 3.8) is 0 Å². The van der Waals surface area contributed by atoms with E-state index >= 15 is 0 Å². The molecule has 0 aromatic rings. The van der Waals surface area contributed by atoms with Gasteiger partial charge in [0, 0.05) is 34.5 Å². The minimum atomic E-state index is 0. The maximum absolute atomic E-state index is 8.58. The topological polar surface area (TPSA) is 58.9 Å². The lowest BCUT2D eigenvalue weighted by molar-refractivity contribution is 0.164. The third-order valence-corrected chi connectivity index (χ3v) is 4.72. The van der Waals surface area contributed by atoms with Gasteiger partial charge in [0.2, 0.25) is 0 Å². The van der Waals surface area contributed by atoms with Crippen LogP contribution in [0.4, 0.5) is 0 Å². The van der Waals surface area contributed by atoms with Crippen LogP contribution >= 0.6 is 35.3 Å². The van der Waals surface area contributed by atoms with Gasteiger partial charge in [-0.15, -0.1) is 0 Å². The molecule has 0 amide bonds. The molecule has 0 radical (unpaired) electrons. The maximum Gasteiger partial charge on any atom is 0.0557 e. The first-order valence-corrected chi connectivity index (χ1v) is 9.98. The lowest BCUT2D eigenvalue weighted by atomic mass is 10.8. The molecule has 0 unspecified atom stereocenters. The summed E-state index contributed by atoms with van der Waals surface area (Å²) < 4.78 is 10.9. The number of ether oxygens (including phenoxy) is 2. The molecular formula is C13H30O4S3.